The molecule has 2 aromatic carbocycles. The number of amides is 1. The number of halogens is 2. The molecule has 0 aliphatic rings. The van der Waals surface area contributed by atoms with Crippen molar-refractivity contribution in [3.8, 4) is 0 Å². The van der Waals surface area contributed by atoms with Crippen LogP contribution < -0.4 is 5.32 Å². The largest absolute Gasteiger partial charge is 0.456 e. The lowest BCUT2D eigenvalue weighted by Gasteiger charge is -2.18. The van der Waals surface area contributed by atoms with E-state index in [2.05, 4.69) is 5.32 Å². The van der Waals surface area contributed by atoms with Crippen LogP contribution in [0.4, 0.5) is 0 Å². The summed E-state index contributed by atoms with van der Waals surface area (Å²) in [6, 6.07) is 9.11. The van der Waals surface area contributed by atoms with Gasteiger partial charge in [0.05, 0.1) is 10.6 Å². The maximum Gasteiger partial charge on any atom is 0.329 e. The Kier molecular flexibility index (Phi) is 9.21. The van der Waals surface area contributed by atoms with Crippen molar-refractivity contribution in [2.75, 3.05) is 18.6 Å². The lowest BCUT2D eigenvalue weighted by atomic mass is 10.0. The van der Waals surface area contributed by atoms with Crippen LogP contribution in [0.3, 0.4) is 0 Å². The summed E-state index contributed by atoms with van der Waals surface area (Å²) in [5.41, 5.74) is 2.47. The third-order valence-electron chi connectivity index (χ3n) is 4.42. The molecule has 0 spiro atoms. The topological polar surface area (TPSA) is 72.5 Å². The van der Waals surface area contributed by atoms with Crippen LogP contribution in [0, 0.1) is 13.8 Å². The van der Waals surface area contributed by atoms with Crippen LogP contribution in [0.1, 0.15) is 38.3 Å². The molecule has 0 radical (unpaired) electrons. The smallest absolute Gasteiger partial charge is 0.329 e. The molecule has 5 nitrogen and oxygen atoms in total. The molecule has 1 amide bonds. The summed E-state index contributed by atoms with van der Waals surface area (Å²) in [7, 11) is 0. The number of ether oxygens (including phenoxy) is 1. The van der Waals surface area contributed by atoms with Gasteiger partial charge in [-0.3, -0.25) is 9.59 Å². The third-order valence-corrected chi connectivity index (χ3v) is 5.61. The van der Waals surface area contributed by atoms with E-state index in [0.29, 0.717) is 22.8 Å². The molecule has 2 rings (SSSR count). The van der Waals surface area contributed by atoms with E-state index in [1.165, 1.54) is 23.9 Å². The molecule has 0 heterocycles. The van der Waals surface area contributed by atoms with Crippen LogP contribution in [0.5, 0.6) is 0 Å². The van der Waals surface area contributed by atoms with Gasteiger partial charge in [0.15, 0.2) is 6.61 Å². The average Bonchev–Trinajstić information content (AvgIpc) is 2.70. The van der Waals surface area contributed by atoms with Crippen molar-refractivity contribution in [3.63, 3.8) is 0 Å². The second kappa shape index (κ2) is 11.4. The van der Waals surface area contributed by atoms with Crippen molar-refractivity contribution < 1.29 is 19.1 Å². The summed E-state index contributed by atoms with van der Waals surface area (Å²) in [5.74, 6) is -0.846. The molecule has 0 aromatic heterocycles. The number of nitrogens with one attached hydrogen (secondary N) is 1. The molecular formula is C22H23Cl2NO4S. The number of aryl methyl sites for hydroxylation is 2. The highest BCUT2D eigenvalue weighted by molar-refractivity contribution is 7.98. The Morgan fingerprint density at radius 2 is 1.80 bits per heavy atom. The van der Waals surface area contributed by atoms with E-state index >= 15 is 0 Å². The minimum absolute atomic E-state index is 0.182. The highest BCUT2D eigenvalue weighted by Gasteiger charge is 2.25. The fourth-order valence-corrected chi connectivity index (χ4v) is 3.71. The summed E-state index contributed by atoms with van der Waals surface area (Å²) in [4.78, 5) is 37.6. The molecule has 1 unspecified atom stereocenters. The maximum atomic E-state index is 12.6. The number of Topliss-reactive ketones (excluding diaryl/α,β-unsaturated/α-hetero) is 1. The standard InChI is InChI=1S/C22H23Cl2NO4S/c1-13-4-5-14(2)17(10-13)20(26)12-29-22(28)19(8-9-30-3)25-21(27)16-7-6-15(23)11-18(16)24/h4-7,10-11,19H,8-9,12H2,1-3H3,(H,25,27). The van der Waals surface area contributed by atoms with Gasteiger partial charge in [-0.1, -0.05) is 40.9 Å². The molecule has 0 saturated heterocycles. The fraction of sp³-hybridized carbons (Fsp3) is 0.318. The quantitative estimate of drug-likeness (QED) is 0.419. The van der Waals surface area contributed by atoms with Crippen molar-refractivity contribution >= 4 is 52.6 Å². The Morgan fingerprint density at radius 3 is 2.47 bits per heavy atom. The van der Waals surface area contributed by atoms with Gasteiger partial charge in [-0.15, -0.1) is 0 Å². The number of hydrogen-bond acceptors (Lipinski definition) is 5. The maximum absolute atomic E-state index is 12.6. The molecule has 0 aliphatic heterocycles. The number of carbonyl (C=O) groups excluding carboxylic acids is 3. The Balaban J connectivity index is 2.06. The molecule has 0 fully saturated rings. The Bertz CT molecular complexity index is 949. The zero-order valence-electron chi connectivity index (χ0n) is 17.0. The van der Waals surface area contributed by atoms with E-state index in [1.807, 2.05) is 32.2 Å². The van der Waals surface area contributed by atoms with Gasteiger partial charge < -0.3 is 10.1 Å². The molecule has 8 heteroatoms. The first kappa shape index (κ1) is 24.3. The zero-order valence-corrected chi connectivity index (χ0v) is 19.3. The second-order valence-corrected chi connectivity index (χ2v) is 8.61. The molecule has 160 valence electrons. The van der Waals surface area contributed by atoms with E-state index in [0.717, 1.165) is 11.1 Å². The normalized spacial score (nSPS) is 11.6. The molecular weight excluding hydrogens is 445 g/mol. The first-order chi connectivity index (χ1) is 14.2. The van der Waals surface area contributed by atoms with Crippen molar-refractivity contribution in [2.45, 2.75) is 26.3 Å². The highest BCUT2D eigenvalue weighted by Crippen LogP contribution is 2.21. The van der Waals surface area contributed by atoms with Crippen LogP contribution in [-0.4, -0.2) is 42.3 Å². The number of thioether (sulfide) groups is 1. The van der Waals surface area contributed by atoms with Gasteiger partial charge in [0.2, 0.25) is 5.78 Å². The predicted octanol–water partition coefficient (Wildman–Crippen LogP) is 4.89. The molecule has 0 bridgehead atoms. The van der Waals surface area contributed by atoms with Gasteiger partial charge in [0, 0.05) is 10.6 Å². The van der Waals surface area contributed by atoms with Crippen LogP contribution in [0.2, 0.25) is 10.0 Å². The monoisotopic (exact) mass is 467 g/mol. The summed E-state index contributed by atoms with van der Waals surface area (Å²) >= 11 is 13.5. The summed E-state index contributed by atoms with van der Waals surface area (Å²) < 4.78 is 5.23. The van der Waals surface area contributed by atoms with Gasteiger partial charge in [-0.2, -0.15) is 11.8 Å². The molecule has 30 heavy (non-hydrogen) atoms. The molecule has 1 N–H and O–H groups in total. The minimum atomic E-state index is -0.900. The first-order valence-corrected chi connectivity index (χ1v) is 11.4. The van der Waals surface area contributed by atoms with Crippen LogP contribution in [-0.2, 0) is 9.53 Å². The van der Waals surface area contributed by atoms with Crippen molar-refractivity contribution in [2.24, 2.45) is 0 Å². The number of hydrogen-bond donors (Lipinski definition) is 1. The van der Waals surface area contributed by atoms with Crippen molar-refractivity contribution in [1.82, 2.24) is 5.32 Å². The van der Waals surface area contributed by atoms with Crippen LogP contribution in [0.25, 0.3) is 0 Å². The van der Waals surface area contributed by atoms with E-state index in [4.69, 9.17) is 27.9 Å². The summed E-state index contributed by atoms with van der Waals surface area (Å²) in [6.45, 7) is 3.32. The molecule has 2 aromatic rings. The Labute approximate surface area is 190 Å². The van der Waals surface area contributed by atoms with Gasteiger partial charge in [0.25, 0.3) is 5.91 Å². The van der Waals surface area contributed by atoms with Gasteiger partial charge in [0.1, 0.15) is 6.04 Å². The number of esters is 1. The van der Waals surface area contributed by atoms with E-state index in [-0.39, 0.29) is 16.4 Å². The fourth-order valence-electron chi connectivity index (χ4n) is 2.75. The highest BCUT2D eigenvalue weighted by atomic mass is 35.5. The third kappa shape index (κ3) is 6.76. The van der Waals surface area contributed by atoms with Crippen molar-refractivity contribution in [1.29, 1.82) is 0 Å². The van der Waals surface area contributed by atoms with Gasteiger partial charge in [-0.05, 0) is 62.1 Å². The Hall–Kier alpha value is -2.02. The van der Waals surface area contributed by atoms with Crippen LogP contribution >= 0.6 is 35.0 Å². The number of carbonyl (C=O) groups is 3. The Morgan fingerprint density at radius 1 is 1.07 bits per heavy atom. The van der Waals surface area contributed by atoms with E-state index < -0.39 is 24.5 Å². The van der Waals surface area contributed by atoms with Gasteiger partial charge >= 0.3 is 5.97 Å². The minimum Gasteiger partial charge on any atom is -0.456 e. The number of ketones is 1. The van der Waals surface area contributed by atoms with Crippen LogP contribution in [0.15, 0.2) is 36.4 Å². The lowest BCUT2D eigenvalue weighted by molar-refractivity contribution is -0.144. The molecule has 0 aliphatic carbocycles. The van der Waals surface area contributed by atoms with E-state index in [9.17, 15) is 14.4 Å². The zero-order chi connectivity index (χ0) is 22.3. The average molecular weight is 468 g/mol. The summed E-state index contributed by atoms with van der Waals surface area (Å²) in [5, 5.41) is 3.23. The van der Waals surface area contributed by atoms with Crippen molar-refractivity contribution in [3.05, 3.63) is 68.7 Å². The van der Waals surface area contributed by atoms with E-state index in [1.54, 1.807) is 12.1 Å². The molecule has 0 saturated carbocycles. The lowest BCUT2D eigenvalue weighted by Crippen LogP contribution is -2.42. The number of rotatable bonds is 9. The molecule has 1 atom stereocenters. The number of benzene rings is 2. The second-order valence-electron chi connectivity index (χ2n) is 6.78. The summed E-state index contributed by atoms with van der Waals surface area (Å²) in [6.07, 6.45) is 2.25. The first-order valence-electron chi connectivity index (χ1n) is 9.25. The predicted molar refractivity (Wildman–Crippen MR) is 122 cm³/mol. The SMILES string of the molecule is CSCCC(NC(=O)c1ccc(Cl)cc1Cl)C(=O)OCC(=O)c1cc(C)ccc1C. The van der Waals surface area contributed by atoms with Gasteiger partial charge in [-0.25, -0.2) is 4.79 Å².